The van der Waals surface area contributed by atoms with Crippen LogP contribution in [-0.4, -0.2) is 33.6 Å². The van der Waals surface area contributed by atoms with Crippen molar-refractivity contribution in [3.63, 3.8) is 0 Å². The summed E-state index contributed by atoms with van der Waals surface area (Å²) in [6.07, 6.45) is 8.10. The molecule has 0 spiro atoms. The van der Waals surface area contributed by atoms with Gasteiger partial charge >= 0.3 is 0 Å². The minimum Gasteiger partial charge on any atom is -0.329 e. The maximum absolute atomic E-state index is 5.95. The minimum absolute atomic E-state index is 0. The van der Waals surface area contributed by atoms with Crippen LogP contribution >= 0.6 is 12.4 Å². The van der Waals surface area contributed by atoms with E-state index in [1.807, 2.05) is 17.1 Å². The molecule has 1 fully saturated rings. The van der Waals surface area contributed by atoms with Crippen molar-refractivity contribution in [3.05, 3.63) is 48.5 Å². The number of nitrogens with two attached hydrogens (primary N) is 1. The summed E-state index contributed by atoms with van der Waals surface area (Å²) >= 11 is 0. The van der Waals surface area contributed by atoms with Gasteiger partial charge in [0.15, 0.2) is 0 Å². The number of hydrogen-bond acceptors (Lipinski definition) is 3. The third-order valence-corrected chi connectivity index (χ3v) is 4.50. The van der Waals surface area contributed by atoms with Crippen molar-refractivity contribution in [2.24, 2.45) is 11.7 Å². The van der Waals surface area contributed by atoms with Gasteiger partial charge in [0.2, 0.25) is 0 Å². The fourth-order valence-corrected chi connectivity index (χ4v) is 3.17. The average Bonchev–Trinajstić information content (AvgIpc) is 3.04. The Labute approximate surface area is 138 Å². The molecule has 0 aliphatic carbocycles. The van der Waals surface area contributed by atoms with E-state index in [1.165, 1.54) is 18.4 Å². The first kappa shape index (κ1) is 17.0. The van der Waals surface area contributed by atoms with Gasteiger partial charge < -0.3 is 10.3 Å². The molecule has 0 saturated carbocycles. The highest BCUT2D eigenvalue weighted by Gasteiger charge is 2.24. The van der Waals surface area contributed by atoms with Gasteiger partial charge in [-0.05, 0) is 43.0 Å². The van der Waals surface area contributed by atoms with E-state index in [9.17, 15) is 0 Å². The molecule has 5 heteroatoms. The summed E-state index contributed by atoms with van der Waals surface area (Å²) in [5.41, 5.74) is 8.45. The Balaban J connectivity index is 0.00000176. The van der Waals surface area contributed by atoms with Crippen molar-refractivity contribution in [2.75, 3.05) is 13.1 Å². The van der Waals surface area contributed by atoms with Crippen molar-refractivity contribution in [2.45, 2.75) is 32.4 Å². The highest BCUT2D eigenvalue weighted by Crippen LogP contribution is 2.23. The Kier molecular flexibility index (Phi) is 6.00. The standard InChI is InChI=1S/C17H24N4.ClH/c1-14-6-8-20(17(10-14)11-18)12-15-2-4-16(5-3-15)21-9-7-19-13-21;/h2-5,7,9,13-14,17H,6,8,10-12,18H2,1H3;1H. The van der Waals surface area contributed by atoms with Crippen LogP contribution in [-0.2, 0) is 6.54 Å². The molecule has 1 aromatic heterocycles. The molecule has 2 unspecified atom stereocenters. The zero-order valence-electron chi connectivity index (χ0n) is 13.1. The molecule has 2 heterocycles. The number of hydrogen-bond donors (Lipinski definition) is 1. The average molecular weight is 321 g/mol. The van der Waals surface area contributed by atoms with Crippen LogP contribution in [0.2, 0.25) is 0 Å². The lowest BCUT2D eigenvalue weighted by Crippen LogP contribution is -2.45. The Bertz CT molecular complexity index is 553. The van der Waals surface area contributed by atoms with Crippen LogP contribution in [0.1, 0.15) is 25.3 Å². The number of imidazole rings is 1. The van der Waals surface area contributed by atoms with Crippen LogP contribution in [0.4, 0.5) is 0 Å². The first-order valence-corrected chi connectivity index (χ1v) is 7.77. The zero-order chi connectivity index (χ0) is 14.7. The molecular weight excluding hydrogens is 296 g/mol. The lowest BCUT2D eigenvalue weighted by molar-refractivity contribution is 0.115. The fraction of sp³-hybridized carbons (Fsp3) is 0.471. The third kappa shape index (κ3) is 3.88. The molecule has 0 bridgehead atoms. The topological polar surface area (TPSA) is 47.1 Å². The summed E-state index contributed by atoms with van der Waals surface area (Å²) in [7, 11) is 0. The van der Waals surface area contributed by atoms with Gasteiger partial charge in [-0.2, -0.15) is 0 Å². The Hall–Kier alpha value is -1.36. The van der Waals surface area contributed by atoms with Crippen molar-refractivity contribution in [1.29, 1.82) is 0 Å². The van der Waals surface area contributed by atoms with Gasteiger partial charge in [-0.25, -0.2) is 4.98 Å². The monoisotopic (exact) mass is 320 g/mol. The van der Waals surface area contributed by atoms with Crippen LogP contribution in [0, 0.1) is 5.92 Å². The summed E-state index contributed by atoms with van der Waals surface area (Å²) in [6.45, 7) is 5.25. The fourth-order valence-electron chi connectivity index (χ4n) is 3.17. The van der Waals surface area contributed by atoms with E-state index >= 15 is 0 Å². The summed E-state index contributed by atoms with van der Waals surface area (Å²) < 4.78 is 2.02. The molecule has 120 valence electrons. The van der Waals surface area contributed by atoms with Gasteiger partial charge in [-0.15, -0.1) is 12.4 Å². The van der Waals surface area contributed by atoms with E-state index in [4.69, 9.17) is 5.73 Å². The van der Waals surface area contributed by atoms with Crippen molar-refractivity contribution in [3.8, 4) is 5.69 Å². The number of nitrogens with zero attached hydrogens (tertiary/aromatic N) is 3. The minimum atomic E-state index is 0. The lowest BCUT2D eigenvalue weighted by Gasteiger charge is -2.38. The van der Waals surface area contributed by atoms with Crippen LogP contribution in [0.25, 0.3) is 5.69 Å². The summed E-state index contributed by atoms with van der Waals surface area (Å²) in [5.74, 6) is 0.804. The first-order valence-electron chi connectivity index (χ1n) is 7.77. The van der Waals surface area contributed by atoms with Gasteiger partial charge in [0.25, 0.3) is 0 Å². The van der Waals surface area contributed by atoms with Crippen LogP contribution in [0.5, 0.6) is 0 Å². The van der Waals surface area contributed by atoms with Gasteiger partial charge in [-0.3, -0.25) is 4.90 Å². The zero-order valence-corrected chi connectivity index (χ0v) is 13.9. The molecule has 2 atom stereocenters. The van der Waals surface area contributed by atoms with Gasteiger partial charge in [0.1, 0.15) is 0 Å². The van der Waals surface area contributed by atoms with Crippen molar-refractivity contribution >= 4 is 12.4 Å². The molecule has 2 aromatic rings. The van der Waals surface area contributed by atoms with Crippen LogP contribution in [0.3, 0.4) is 0 Å². The smallest absolute Gasteiger partial charge is 0.0991 e. The first-order chi connectivity index (χ1) is 10.3. The second-order valence-corrected chi connectivity index (χ2v) is 6.13. The highest BCUT2D eigenvalue weighted by atomic mass is 35.5. The molecule has 22 heavy (non-hydrogen) atoms. The van der Waals surface area contributed by atoms with E-state index in [-0.39, 0.29) is 12.4 Å². The highest BCUT2D eigenvalue weighted by molar-refractivity contribution is 5.85. The molecule has 1 aliphatic rings. The van der Waals surface area contributed by atoms with Crippen LogP contribution in [0.15, 0.2) is 43.0 Å². The van der Waals surface area contributed by atoms with E-state index < -0.39 is 0 Å². The third-order valence-electron chi connectivity index (χ3n) is 4.50. The van der Waals surface area contributed by atoms with Crippen LogP contribution < -0.4 is 5.73 Å². The normalized spacial score (nSPS) is 22.3. The number of benzene rings is 1. The molecular formula is C17H25ClN4. The number of halogens is 1. The van der Waals surface area contributed by atoms with Gasteiger partial charge in [0.05, 0.1) is 6.33 Å². The summed E-state index contributed by atoms with van der Waals surface area (Å²) in [4.78, 5) is 6.62. The Morgan fingerprint density at radius 1 is 1.27 bits per heavy atom. The Morgan fingerprint density at radius 2 is 2.05 bits per heavy atom. The molecule has 1 aromatic carbocycles. The quantitative estimate of drug-likeness (QED) is 0.942. The number of aromatic nitrogens is 2. The number of piperidine rings is 1. The van der Waals surface area contributed by atoms with E-state index in [2.05, 4.69) is 41.1 Å². The van der Waals surface area contributed by atoms with Gasteiger partial charge in [0, 0.05) is 37.2 Å². The molecule has 0 amide bonds. The second-order valence-electron chi connectivity index (χ2n) is 6.13. The van der Waals surface area contributed by atoms with E-state index in [0.717, 1.165) is 31.2 Å². The maximum atomic E-state index is 5.95. The molecule has 4 nitrogen and oxygen atoms in total. The van der Waals surface area contributed by atoms with Gasteiger partial charge in [-0.1, -0.05) is 19.1 Å². The molecule has 1 aliphatic heterocycles. The molecule has 0 radical (unpaired) electrons. The summed E-state index contributed by atoms with van der Waals surface area (Å²) in [6, 6.07) is 9.26. The van der Waals surface area contributed by atoms with E-state index in [0.29, 0.717) is 6.04 Å². The molecule has 1 saturated heterocycles. The summed E-state index contributed by atoms with van der Waals surface area (Å²) in [5, 5.41) is 0. The second kappa shape index (κ2) is 7.77. The van der Waals surface area contributed by atoms with Crippen molar-refractivity contribution in [1.82, 2.24) is 14.5 Å². The predicted molar refractivity (Wildman–Crippen MR) is 92.5 cm³/mol. The van der Waals surface area contributed by atoms with Crippen molar-refractivity contribution < 1.29 is 0 Å². The number of likely N-dealkylation sites (tertiary alicyclic amines) is 1. The maximum Gasteiger partial charge on any atom is 0.0991 e. The largest absolute Gasteiger partial charge is 0.329 e. The molecule has 3 rings (SSSR count). The Morgan fingerprint density at radius 3 is 2.68 bits per heavy atom. The number of rotatable bonds is 4. The molecule has 2 N–H and O–H groups in total. The predicted octanol–water partition coefficient (Wildman–Crippen LogP) is 2.85. The van der Waals surface area contributed by atoms with E-state index in [1.54, 1.807) is 6.20 Å². The lowest BCUT2D eigenvalue weighted by atomic mass is 9.92. The SMILES string of the molecule is CC1CCN(Cc2ccc(-n3ccnc3)cc2)C(CN)C1.Cl.